The van der Waals surface area contributed by atoms with Crippen LogP contribution in [0.4, 0.5) is 0 Å². The number of carbonyl (C=O) groups excluding carboxylic acids is 1. The van der Waals surface area contributed by atoms with Crippen LogP contribution in [0.25, 0.3) is 0 Å². The Kier molecular flexibility index (Phi) is 6.52. The number of hydrogen-bond donors (Lipinski definition) is 2. The van der Waals surface area contributed by atoms with Gasteiger partial charge in [-0.1, -0.05) is 36.4 Å². The zero-order valence-electron chi connectivity index (χ0n) is 15.2. The second-order valence-corrected chi connectivity index (χ2v) is 7.97. The van der Waals surface area contributed by atoms with Gasteiger partial charge < -0.3 is 5.32 Å². The van der Waals surface area contributed by atoms with Crippen molar-refractivity contribution in [2.75, 3.05) is 6.54 Å². The van der Waals surface area contributed by atoms with Gasteiger partial charge in [0.05, 0.1) is 4.90 Å². The van der Waals surface area contributed by atoms with E-state index in [-0.39, 0.29) is 17.3 Å². The van der Waals surface area contributed by atoms with E-state index in [9.17, 15) is 13.2 Å². The van der Waals surface area contributed by atoms with E-state index in [4.69, 9.17) is 0 Å². The lowest BCUT2D eigenvalue weighted by Crippen LogP contribution is -2.27. The van der Waals surface area contributed by atoms with Gasteiger partial charge in [0.15, 0.2) is 0 Å². The van der Waals surface area contributed by atoms with Crippen LogP contribution in [0.15, 0.2) is 84.0 Å². The number of amides is 1. The summed E-state index contributed by atoms with van der Waals surface area (Å²) < 4.78 is 27.6. The van der Waals surface area contributed by atoms with Crippen molar-refractivity contribution in [3.63, 3.8) is 0 Å². The van der Waals surface area contributed by atoms with Crippen molar-refractivity contribution in [2.45, 2.75) is 17.9 Å². The quantitative estimate of drug-likeness (QED) is 0.613. The molecule has 0 saturated carbocycles. The Bertz CT molecular complexity index is 1020. The molecule has 0 aliphatic rings. The fourth-order valence-corrected chi connectivity index (χ4v) is 3.72. The molecule has 0 aliphatic heterocycles. The predicted octanol–water partition coefficient (Wildman–Crippen LogP) is 2.53. The Hall–Kier alpha value is -3.03. The number of nitrogens with one attached hydrogen (secondary N) is 2. The Labute approximate surface area is 164 Å². The lowest BCUT2D eigenvalue weighted by atomic mass is 10.2. The second kappa shape index (κ2) is 9.25. The second-order valence-electron chi connectivity index (χ2n) is 6.20. The average Bonchev–Trinajstić information content (AvgIpc) is 2.73. The van der Waals surface area contributed by atoms with Crippen LogP contribution in [0, 0.1) is 0 Å². The molecular formula is C21H21N3O3S. The van der Waals surface area contributed by atoms with Gasteiger partial charge in [-0.25, -0.2) is 13.1 Å². The molecule has 3 aromatic rings. The van der Waals surface area contributed by atoms with Crippen LogP contribution in [0.2, 0.25) is 0 Å². The highest BCUT2D eigenvalue weighted by Crippen LogP contribution is 2.12. The van der Waals surface area contributed by atoms with E-state index < -0.39 is 10.0 Å². The minimum absolute atomic E-state index is 0.0668. The van der Waals surface area contributed by atoms with E-state index in [1.54, 1.807) is 36.7 Å². The number of hydrogen-bond acceptors (Lipinski definition) is 4. The van der Waals surface area contributed by atoms with Gasteiger partial charge >= 0.3 is 0 Å². The molecule has 0 saturated heterocycles. The molecule has 0 atom stereocenters. The van der Waals surface area contributed by atoms with Crippen molar-refractivity contribution in [3.8, 4) is 0 Å². The summed E-state index contributed by atoms with van der Waals surface area (Å²) in [5, 5.41) is 2.78. The molecule has 0 fully saturated rings. The summed E-state index contributed by atoms with van der Waals surface area (Å²) in [4.78, 5) is 16.3. The molecule has 0 spiro atoms. The van der Waals surface area contributed by atoms with Crippen molar-refractivity contribution >= 4 is 15.9 Å². The maximum atomic E-state index is 12.5. The molecule has 28 heavy (non-hydrogen) atoms. The maximum absolute atomic E-state index is 12.5. The molecule has 0 unspecified atom stereocenters. The smallest absolute Gasteiger partial charge is 0.251 e. The van der Waals surface area contributed by atoms with Crippen molar-refractivity contribution in [3.05, 3.63) is 95.8 Å². The van der Waals surface area contributed by atoms with Crippen LogP contribution < -0.4 is 10.0 Å². The fourth-order valence-electron chi connectivity index (χ4n) is 2.65. The van der Waals surface area contributed by atoms with Crippen molar-refractivity contribution in [1.82, 2.24) is 15.0 Å². The topological polar surface area (TPSA) is 88.2 Å². The van der Waals surface area contributed by atoms with Crippen LogP contribution >= 0.6 is 0 Å². The molecule has 0 aliphatic carbocycles. The van der Waals surface area contributed by atoms with Crippen LogP contribution in [-0.2, 0) is 23.0 Å². The molecule has 144 valence electrons. The van der Waals surface area contributed by atoms with Gasteiger partial charge in [-0.15, -0.1) is 0 Å². The molecule has 7 heteroatoms. The lowest BCUT2D eigenvalue weighted by Gasteiger charge is -2.09. The van der Waals surface area contributed by atoms with Crippen molar-refractivity contribution in [2.24, 2.45) is 0 Å². The third-order valence-electron chi connectivity index (χ3n) is 4.16. The highest BCUT2D eigenvalue weighted by Gasteiger charge is 2.16. The molecule has 2 N–H and O–H groups in total. The highest BCUT2D eigenvalue weighted by molar-refractivity contribution is 7.89. The van der Waals surface area contributed by atoms with Crippen molar-refractivity contribution < 1.29 is 13.2 Å². The molecule has 0 bridgehead atoms. The molecule has 3 rings (SSSR count). The molecular weight excluding hydrogens is 374 g/mol. The van der Waals surface area contributed by atoms with E-state index in [0.29, 0.717) is 18.5 Å². The number of pyridine rings is 1. The summed E-state index contributed by atoms with van der Waals surface area (Å²) in [6.07, 6.45) is 3.89. The van der Waals surface area contributed by atoms with E-state index in [2.05, 4.69) is 15.0 Å². The number of benzene rings is 2. The van der Waals surface area contributed by atoms with E-state index in [1.165, 1.54) is 12.1 Å². The molecule has 0 radical (unpaired) electrons. The lowest BCUT2D eigenvalue weighted by molar-refractivity contribution is 0.0950. The number of sulfonamides is 1. The monoisotopic (exact) mass is 395 g/mol. The van der Waals surface area contributed by atoms with E-state index in [0.717, 1.165) is 11.1 Å². The first-order chi connectivity index (χ1) is 13.5. The third-order valence-corrected chi connectivity index (χ3v) is 5.62. The number of rotatable bonds is 8. The van der Waals surface area contributed by atoms with Gasteiger partial charge in [0.1, 0.15) is 0 Å². The summed E-state index contributed by atoms with van der Waals surface area (Å²) in [6, 6.07) is 19.3. The minimum Gasteiger partial charge on any atom is -0.348 e. The number of aromatic nitrogens is 1. The van der Waals surface area contributed by atoms with Crippen LogP contribution in [0.3, 0.4) is 0 Å². The zero-order valence-corrected chi connectivity index (χ0v) is 16.0. The predicted molar refractivity (Wildman–Crippen MR) is 107 cm³/mol. The van der Waals surface area contributed by atoms with Crippen molar-refractivity contribution in [1.29, 1.82) is 0 Å². The SMILES string of the molecule is O=C(NCc1ccncc1)c1cccc(S(=O)(=O)NCCc2ccccc2)c1. The standard InChI is InChI=1S/C21H21N3O3S/c25-21(23-16-18-9-12-22-13-10-18)19-7-4-8-20(15-19)28(26,27)24-14-11-17-5-2-1-3-6-17/h1-10,12-13,15,24H,11,14,16H2,(H,23,25). The molecule has 1 heterocycles. The minimum atomic E-state index is -3.69. The summed E-state index contributed by atoms with van der Waals surface area (Å²) in [6.45, 7) is 0.623. The summed E-state index contributed by atoms with van der Waals surface area (Å²) in [5.74, 6) is -0.335. The normalized spacial score (nSPS) is 11.1. The molecule has 2 aromatic carbocycles. The summed E-state index contributed by atoms with van der Waals surface area (Å²) in [5.41, 5.74) is 2.25. The first kappa shape index (κ1) is 19.7. The van der Waals surface area contributed by atoms with Crippen LogP contribution in [-0.4, -0.2) is 25.9 Å². The van der Waals surface area contributed by atoms with Gasteiger partial charge in [0.25, 0.3) is 5.91 Å². The van der Waals surface area contributed by atoms with Gasteiger partial charge in [-0.3, -0.25) is 9.78 Å². The average molecular weight is 395 g/mol. The van der Waals surface area contributed by atoms with E-state index >= 15 is 0 Å². The first-order valence-electron chi connectivity index (χ1n) is 8.85. The van der Waals surface area contributed by atoms with Gasteiger partial charge in [0, 0.05) is 31.0 Å². The Morgan fingerprint density at radius 2 is 1.64 bits per heavy atom. The number of carbonyl (C=O) groups is 1. The zero-order chi connectivity index (χ0) is 19.8. The third kappa shape index (κ3) is 5.48. The maximum Gasteiger partial charge on any atom is 0.251 e. The van der Waals surface area contributed by atoms with Crippen LogP contribution in [0.1, 0.15) is 21.5 Å². The largest absolute Gasteiger partial charge is 0.348 e. The Morgan fingerprint density at radius 1 is 0.893 bits per heavy atom. The van der Waals surface area contributed by atoms with E-state index in [1.807, 2.05) is 30.3 Å². The molecule has 1 aromatic heterocycles. The highest BCUT2D eigenvalue weighted by atomic mass is 32.2. The fraction of sp³-hybridized carbons (Fsp3) is 0.143. The summed E-state index contributed by atoms with van der Waals surface area (Å²) in [7, 11) is -3.69. The Morgan fingerprint density at radius 3 is 2.39 bits per heavy atom. The molecule has 1 amide bonds. The van der Waals surface area contributed by atoms with Gasteiger partial charge in [-0.05, 0) is 47.9 Å². The summed E-state index contributed by atoms with van der Waals surface area (Å²) >= 11 is 0. The van der Waals surface area contributed by atoms with Crippen LogP contribution in [0.5, 0.6) is 0 Å². The molecule has 6 nitrogen and oxygen atoms in total. The number of nitrogens with zero attached hydrogens (tertiary/aromatic N) is 1. The first-order valence-corrected chi connectivity index (χ1v) is 10.3. The Balaban J connectivity index is 1.61. The van der Waals surface area contributed by atoms with Gasteiger partial charge in [-0.2, -0.15) is 0 Å². The van der Waals surface area contributed by atoms with Gasteiger partial charge in [0.2, 0.25) is 10.0 Å².